The lowest BCUT2D eigenvalue weighted by Crippen LogP contribution is -2.42. The Morgan fingerprint density at radius 2 is 2.08 bits per heavy atom. The van der Waals surface area contributed by atoms with Gasteiger partial charge in [-0.2, -0.15) is 0 Å². The lowest BCUT2D eigenvalue weighted by Gasteiger charge is -2.30. The number of aliphatic hydroxyl groups excluding tert-OH is 1. The second kappa shape index (κ2) is 8.23. The third kappa shape index (κ3) is 4.65. The van der Waals surface area contributed by atoms with Gasteiger partial charge in [0.15, 0.2) is 0 Å². The van der Waals surface area contributed by atoms with Crippen LogP contribution in [0.25, 0.3) is 0 Å². The second-order valence-corrected chi connectivity index (χ2v) is 6.66. The van der Waals surface area contributed by atoms with Gasteiger partial charge in [0.2, 0.25) is 5.91 Å². The van der Waals surface area contributed by atoms with Gasteiger partial charge in [-0.1, -0.05) is 30.3 Å². The Labute approximate surface area is 148 Å². The van der Waals surface area contributed by atoms with Gasteiger partial charge in [0.25, 0.3) is 0 Å². The van der Waals surface area contributed by atoms with Gasteiger partial charge in [-0.15, -0.1) is 0 Å². The molecule has 0 bridgehead atoms. The molecule has 1 amide bonds. The molecule has 0 saturated carbocycles. The zero-order valence-electron chi connectivity index (χ0n) is 14.6. The second-order valence-electron chi connectivity index (χ2n) is 6.66. The molecule has 0 aliphatic carbocycles. The monoisotopic (exact) mass is 339 g/mol. The number of hydrogen-bond acceptors (Lipinski definition) is 4. The van der Waals surface area contributed by atoms with Crippen LogP contribution in [0.4, 0.5) is 0 Å². The van der Waals surface area contributed by atoms with Crippen LogP contribution < -0.4 is 5.32 Å². The van der Waals surface area contributed by atoms with Crippen molar-refractivity contribution in [1.82, 2.24) is 15.2 Å². The van der Waals surface area contributed by atoms with Crippen LogP contribution >= 0.6 is 0 Å². The Bertz CT molecular complexity index is 705. The van der Waals surface area contributed by atoms with E-state index >= 15 is 0 Å². The van der Waals surface area contributed by atoms with Crippen molar-refractivity contribution in [3.05, 3.63) is 65.5 Å². The first-order valence-corrected chi connectivity index (χ1v) is 8.78. The van der Waals surface area contributed by atoms with Crippen LogP contribution in [0.15, 0.2) is 48.8 Å². The third-order valence-corrected chi connectivity index (χ3v) is 4.77. The van der Waals surface area contributed by atoms with E-state index < -0.39 is 6.10 Å². The van der Waals surface area contributed by atoms with Crippen molar-refractivity contribution in [2.75, 3.05) is 19.6 Å². The van der Waals surface area contributed by atoms with Crippen LogP contribution in [0.3, 0.4) is 0 Å². The normalized spacial score (nSPS) is 16.7. The molecule has 1 aromatic carbocycles. The highest BCUT2D eigenvalue weighted by Crippen LogP contribution is 2.18. The van der Waals surface area contributed by atoms with Crippen molar-refractivity contribution in [2.24, 2.45) is 0 Å². The fraction of sp³-hybridized carbons (Fsp3) is 0.400. The van der Waals surface area contributed by atoms with E-state index in [4.69, 9.17) is 0 Å². The fourth-order valence-corrected chi connectivity index (χ4v) is 3.23. The molecule has 0 saturated heterocycles. The Morgan fingerprint density at radius 1 is 1.28 bits per heavy atom. The van der Waals surface area contributed by atoms with Crippen LogP contribution in [0, 0.1) is 0 Å². The van der Waals surface area contributed by atoms with E-state index in [1.165, 1.54) is 11.1 Å². The lowest BCUT2D eigenvalue weighted by molar-refractivity contribution is -0.122. The molecule has 0 fully saturated rings. The number of hydrogen-bond donors (Lipinski definition) is 2. The number of rotatable bonds is 6. The molecule has 2 aromatic rings. The van der Waals surface area contributed by atoms with Crippen molar-refractivity contribution < 1.29 is 9.90 Å². The summed E-state index contributed by atoms with van der Waals surface area (Å²) in [6, 6.07) is 12.1. The van der Waals surface area contributed by atoms with Crippen molar-refractivity contribution in [3.63, 3.8) is 0 Å². The minimum atomic E-state index is -0.574. The number of β-amino-alcohol motifs (C(OH)–C–C–N with tert-alkyl or cyclic N) is 1. The third-order valence-electron chi connectivity index (χ3n) is 4.77. The van der Waals surface area contributed by atoms with Crippen molar-refractivity contribution in [3.8, 4) is 0 Å². The molecule has 3 rings (SSSR count). The minimum Gasteiger partial charge on any atom is -0.390 e. The summed E-state index contributed by atoms with van der Waals surface area (Å²) < 4.78 is 0. The summed E-state index contributed by atoms with van der Waals surface area (Å²) in [4.78, 5) is 18.5. The number of aromatic nitrogens is 1. The first-order chi connectivity index (χ1) is 12.1. The van der Waals surface area contributed by atoms with E-state index in [2.05, 4.69) is 39.5 Å². The molecule has 132 valence electrons. The standard InChI is InChI=1S/C20H25N3O2/c1-15(17-7-4-9-21-11-17)20(25)22-12-19(24)14-23-10-8-16-5-2-3-6-18(16)13-23/h2-7,9,11,15,19,24H,8,10,12-14H2,1H3,(H,22,25). The quantitative estimate of drug-likeness (QED) is 0.841. The van der Waals surface area contributed by atoms with Gasteiger partial charge < -0.3 is 10.4 Å². The summed E-state index contributed by atoms with van der Waals surface area (Å²) in [5.41, 5.74) is 3.60. The summed E-state index contributed by atoms with van der Waals surface area (Å²) in [6.07, 6.45) is 3.82. The molecule has 25 heavy (non-hydrogen) atoms. The van der Waals surface area contributed by atoms with Crippen LogP contribution in [-0.2, 0) is 17.8 Å². The fourth-order valence-electron chi connectivity index (χ4n) is 3.23. The molecule has 2 heterocycles. The molecule has 1 aromatic heterocycles. The van der Waals surface area contributed by atoms with E-state index in [1.807, 2.05) is 19.1 Å². The average molecular weight is 339 g/mol. The SMILES string of the molecule is CC(C(=O)NCC(O)CN1CCc2ccccc2C1)c1cccnc1. The molecule has 5 nitrogen and oxygen atoms in total. The van der Waals surface area contributed by atoms with Gasteiger partial charge >= 0.3 is 0 Å². The maximum atomic E-state index is 12.2. The average Bonchev–Trinajstić information content (AvgIpc) is 2.66. The Balaban J connectivity index is 1.45. The Hall–Kier alpha value is -2.24. The van der Waals surface area contributed by atoms with E-state index in [-0.39, 0.29) is 18.4 Å². The van der Waals surface area contributed by atoms with Gasteiger partial charge in [-0.25, -0.2) is 0 Å². The highest BCUT2D eigenvalue weighted by Gasteiger charge is 2.20. The van der Waals surface area contributed by atoms with Gasteiger partial charge in [0, 0.05) is 38.6 Å². The Morgan fingerprint density at radius 3 is 2.84 bits per heavy atom. The number of nitrogens with one attached hydrogen (secondary N) is 1. The topological polar surface area (TPSA) is 65.5 Å². The first kappa shape index (κ1) is 17.6. The number of fused-ring (bicyclic) bond motifs is 1. The maximum Gasteiger partial charge on any atom is 0.227 e. The van der Waals surface area contributed by atoms with Crippen molar-refractivity contribution >= 4 is 5.91 Å². The summed E-state index contributed by atoms with van der Waals surface area (Å²) in [7, 11) is 0. The summed E-state index contributed by atoms with van der Waals surface area (Å²) in [5.74, 6) is -0.362. The molecular formula is C20H25N3O2. The molecule has 0 radical (unpaired) electrons. The van der Waals surface area contributed by atoms with Crippen LogP contribution in [0.5, 0.6) is 0 Å². The number of benzene rings is 1. The van der Waals surface area contributed by atoms with Gasteiger partial charge in [0.1, 0.15) is 0 Å². The number of aliphatic hydroxyl groups is 1. The van der Waals surface area contributed by atoms with E-state index in [0.29, 0.717) is 6.54 Å². The van der Waals surface area contributed by atoms with Crippen LogP contribution in [-0.4, -0.2) is 46.6 Å². The molecule has 2 unspecified atom stereocenters. The Kier molecular flexibility index (Phi) is 5.79. The lowest BCUT2D eigenvalue weighted by atomic mass is 9.99. The van der Waals surface area contributed by atoms with Crippen LogP contribution in [0.1, 0.15) is 29.5 Å². The van der Waals surface area contributed by atoms with Gasteiger partial charge in [-0.3, -0.25) is 14.7 Å². The number of pyridine rings is 1. The van der Waals surface area contributed by atoms with Gasteiger partial charge in [0.05, 0.1) is 12.0 Å². The van der Waals surface area contributed by atoms with E-state index in [9.17, 15) is 9.90 Å². The van der Waals surface area contributed by atoms with E-state index in [1.54, 1.807) is 12.4 Å². The molecule has 5 heteroatoms. The smallest absolute Gasteiger partial charge is 0.227 e. The van der Waals surface area contributed by atoms with Crippen molar-refractivity contribution in [1.29, 1.82) is 0 Å². The minimum absolute atomic E-state index is 0.0870. The molecule has 0 spiro atoms. The maximum absolute atomic E-state index is 12.2. The van der Waals surface area contributed by atoms with Crippen LogP contribution in [0.2, 0.25) is 0 Å². The number of nitrogens with zero attached hydrogens (tertiary/aromatic N) is 2. The molecule has 1 aliphatic heterocycles. The highest BCUT2D eigenvalue weighted by molar-refractivity contribution is 5.83. The largest absolute Gasteiger partial charge is 0.390 e. The van der Waals surface area contributed by atoms with Crippen molar-refractivity contribution in [2.45, 2.75) is 31.9 Å². The molecule has 1 aliphatic rings. The predicted octanol–water partition coefficient (Wildman–Crippen LogP) is 1.72. The summed E-state index contributed by atoms with van der Waals surface area (Å²) in [5, 5.41) is 13.1. The highest BCUT2D eigenvalue weighted by atomic mass is 16.3. The predicted molar refractivity (Wildman–Crippen MR) is 97.1 cm³/mol. The zero-order chi connectivity index (χ0) is 17.6. The number of amides is 1. The number of carbonyl (C=O) groups excluding carboxylic acids is 1. The first-order valence-electron chi connectivity index (χ1n) is 8.78. The summed E-state index contributed by atoms with van der Waals surface area (Å²) >= 11 is 0. The van der Waals surface area contributed by atoms with E-state index in [0.717, 1.165) is 25.1 Å². The zero-order valence-corrected chi connectivity index (χ0v) is 14.6. The molecular weight excluding hydrogens is 314 g/mol. The summed E-state index contributed by atoms with van der Waals surface area (Å²) in [6.45, 7) is 4.47. The molecule has 2 N–H and O–H groups in total. The van der Waals surface area contributed by atoms with Gasteiger partial charge in [-0.05, 0) is 36.1 Å². The number of carbonyl (C=O) groups is 1. The molecule has 2 atom stereocenters.